The van der Waals surface area contributed by atoms with E-state index < -0.39 is 5.54 Å². The molecule has 0 heterocycles. The van der Waals surface area contributed by atoms with Crippen LogP contribution in [-0.2, 0) is 11.2 Å². The summed E-state index contributed by atoms with van der Waals surface area (Å²) < 4.78 is 0. The van der Waals surface area contributed by atoms with Crippen molar-refractivity contribution in [1.29, 1.82) is 0 Å². The molecule has 1 N–H and O–H groups in total. The number of hydrogen-bond acceptors (Lipinski definition) is 2. The average Bonchev–Trinajstić information content (AvgIpc) is 2.59. The summed E-state index contributed by atoms with van der Waals surface area (Å²) in [4.78, 5) is 12.8. The monoisotopic (exact) mass is 307 g/mol. The Bertz CT molecular complexity index is 637. The van der Waals surface area contributed by atoms with E-state index in [0.717, 1.165) is 25.7 Å². The number of benzene rings is 2. The maximum atomic E-state index is 12.8. The molecule has 23 heavy (non-hydrogen) atoms. The molecule has 2 aromatic rings. The van der Waals surface area contributed by atoms with Crippen molar-refractivity contribution in [3.63, 3.8) is 0 Å². The first-order chi connectivity index (χ1) is 11.2. The van der Waals surface area contributed by atoms with Gasteiger partial charge in [0, 0.05) is 12.5 Å². The Kier molecular flexibility index (Phi) is 4.92. The summed E-state index contributed by atoms with van der Waals surface area (Å²) in [6.07, 6.45) is 4.55. The van der Waals surface area contributed by atoms with Crippen LogP contribution in [0.2, 0.25) is 0 Å². The van der Waals surface area contributed by atoms with E-state index in [0.29, 0.717) is 12.2 Å². The third-order valence-electron chi connectivity index (χ3n) is 4.93. The van der Waals surface area contributed by atoms with Gasteiger partial charge in [-0.1, -0.05) is 67.1 Å². The summed E-state index contributed by atoms with van der Waals surface area (Å²) >= 11 is 0. The van der Waals surface area contributed by atoms with Crippen LogP contribution in [0.1, 0.15) is 49.8 Å². The fourth-order valence-electron chi connectivity index (χ4n) is 3.67. The van der Waals surface area contributed by atoms with E-state index in [4.69, 9.17) is 0 Å². The van der Waals surface area contributed by atoms with Crippen molar-refractivity contribution in [3.05, 3.63) is 71.8 Å². The Hall–Kier alpha value is -1.93. The zero-order valence-electron chi connectivity index (χ0n) is 13.8. The molecule has 120 valence electrons. The molecular formula is C21H25NO. The van der Waals surface area contributed by atoms with Crippen LogP contribution in [0.15, 0.2) is 60.7 Å². The van der Waals surface area contributed by atoms with Crippen LogP contribution in [0, 0.1) is 0 Å². The normalized spacial score (nSPS) is 22.7. The fourth-order valence-corrected chi connectivity index (χ4v) is 3.67. The predicted molar refractivity (Wildman–Crippen MR) is 94.3 cm³/mol. The van der Waals surface area contributed by atoms with Crippen LogP contribution in [0.5, 0.6) is 0 Å². The smallest absolute Gasteiger partial charge is 0.153 e. The van der Waals surface area contributed by atoms with Gasteiger partial charge in [0.2, 0.25) is 0 Å². The van der Waals surface area contributed by atoms with Crippen LogP contribution < -0.4 is 5.32 Å². The third-order valence-corrected chi connectivity index (χ3v) is 4.93. The van der Waals surface area contributed by atoms with E-state index >= 15 is 0 Å². The molecule has 2 atom stereocenters. The SMILES string of the molecule is C[C@@H](N[C@]1(Cc2ccccc2)CCCCC1=O)c1ccccc1. The summed E-state index contributed by atoms with van der Waals surface area (Å²) in [6.45, 7) is 2.16. The number of Topliss-reactive ketones (excluding diaryl/α,β-unsaturated/α-hetero) is 1. The highest BCUT2D eigenvalue weighted by Crippen LogP contribution is 2.31. The lowest BCUT2D eigenvalue weighted by atomic mass is 9.75. The maximum absolute atomic E-state index is 12.8. The van der Waals surface area contributed by atoms with Crippen molar-refractivity contribution >= 4 is 5.78 Å². The second kappa shape index (κ2) is 7.10. The van der Waals surface area contributed by atoms with Gasteiger partial charge in [-0.2, -0.15) is 0 Å². The highest BCUT2D eigenvalue weighted by atomic mass is 16.1. The minimum Gasteiger partial charge on any atom is -0.298 e. The molecule has 0 aromatic heterocycles. The number of nitrogens with one attached hydrogen (secondary N) is 1. The van der Waals surface area contributed by atoms with Crippen LogP contribution in [-0.4, -0.2) is 11.3 Å². The quantitative estimate of drug-likeness (QED) is 0.883. The third kappa shape index (κ3) is 3.70. The van der Waals surface area contributed by atoms with Crippen LogP contribution in [0.4, 0.5) is 0 Å². The molecule has 0 spiro atoms. The molecule has 2 nitrogen and oxygen atoms in total. The fraction of sp³-hybridized carbons (Fsp3) is 0.381. The second-order valence-corrected chi connectivity index (χ2v) is 6.65. The molecule has 0 aliphatic heterocycles. The van der Waals surface area contributed by atoms with Crippen molar-refractivity contribution in [2.45, 2.75) is 50.6 Å². The molecule has 2 aromatic carbocycles. The Labute approximate surface area is 138 Å². The molecule has 0 unspecified atom stereocenters. The Morgan fingerprint density at radius 3 is 2.30 bits per heavy atom. The topological polar surface area (TPSA) is 29.1 Å². The summed E-state index contributed by atoms with van der Waals surface area (Å²) in [5.41, 5.74) is 2.04. The second-order valence-electron chi connectivity index (χ2n) is 6.65. The van der Waals surface area contributed by atoms with E-state index in [2.05, 4.69) is 60.8 Å². The van der Waals surface area contributed by atoms with Gasteiger partial charge < -0.3 is 0 Å². The highest BCUT2D eigenvalue weighted by Gasteiger charge is 2.40. The van der Waals surface area contributed by atoms with E-state index in [1.807, 2.05) is 12.1 Å². The number of carbonyl (C=O) groups is 1. The van der Waals surface area contributed by atoms with Crippen LogP contribution in [0.3, 0.4) is 0 Å². The molecule has 1 saturated carbocycles. The van der Waals surface area contributed by atoms with Gasteiger partial charge in [-0.05, 0) is 37.3 Å². The van der Waals surface area contributed by atoms with E-state index in [9.17, 15) is 4.79 Å². The average molecular weight is 307 g/mol. The molecule has 0 saturated heterocycles. The van der Waals surface area contributed by atoms with Gasteiger partial charge in [0.1, 0.15) is 0 Å². The van der Waals surface area contributed by atoms with Gasteiger partial charge in [-0.15, -0.1) is 0 Å². The first-order valence-electron chi connectivity index (χ1n) is 8.59. The Morgan fingerprint density at radius 2 is 1.65 bits per heavy atom. The molecule has 0 amide bonds. The Morgan fingerprint density at radius 1 is 1.00 bits per heavy atom. The molecule has 1 aliphatic rings. The summed E-state index contributed by atoms with van der Waals surface area (Å²) in [5.74, 6) is 0.371. The van der Waals surface area contributed by atoms with Gasteiger partial charge in [0.25, 0.3) is 0 Å². The van der Waals surface area contributed by atoms with Gasteiger partial charge in [-0.25, -0.2) is 0 Å². The van der Waals surface area contributed by atoms with Crippen LogP contribution in [0.25, 0.3) is 0 Å². The molecule has 0 radical (unpaired) electrons. The van der Waals surface area contributed by atoms with Gasteiger partial charge in [-0.3, -0.25) is 10.1 Å². The summed E-state index contributed by atoms with van der Waals surface area (Å²) in [7, 11) is 0. The standard InChI is InChI=1S/C21H25NO/c1-17(19-12-6-3-7-13-19)22-21(15-9-8-14-20(21)23)16-18-10-4-2-5-11-18/h2-7,10-13,17,22H,8-9,14-16H2,1H3/t17-,21+/m1/s1. The van der Waals surface area contributed by atoms with Gasteiger partial charge in [0.05, 0.1) is 5.54 Å². The summed E-state index contributed by atoms with van der Waals surface area (Å²) in [5, 5.41) is 3.70. The van der Waals surface area contributed by atoms with Crippen molar-refractivity contribution in [2.24, 2.45) is 0 Å². The summed E-state index contributed by atoms with van der Waals surface area (Å²) in [6, 6.07) is 20.9. The van der Waals surface area contributed by atoms with Crippen molar-refractivity contribution < 1.29 is 4.79 Å². The van der Waals surface area contributed by atoms with E-state index in [1.165, 1.54) is 11.1 Å². The highest BCUT2D eigenvalue weighted by molar-refractivity contribution is 5.89. The minimum absolute atomic E-state index is 0.168. The van der Waals surface area contributed by atoms with Crippen molar-refractivity contribution in [3.8, 4) is 0 Å². The van der Waals surface area contributed by atoms with Crippen molar-refractivity contribution in [2.75, 3.05) is 0 Å². The minimum atomic E-state index is -0.422. The molecule has 0 bridgehead atoms. The largest absolute Gasteiger partial charge is 0.298 e. The zero-order chi connectivity index (χ0) is 16.1. The number of rotatable bonds is 5. The van der Waals surface area contributed by atoms with E-state index in [-0.39, 0.29) is 6.04 Å². The molecule has 2 heteroatoms. The predicted octanol–water partition coefficient (Wildman–Crippen LogP) is 4.46. The number of hydrogen-bond donors (Lipinski definition) is 1. The van der Waals surface area contributed by atoms with Crippen molar-refractivity contribution in [1.82, 2.24) is 5.32 Å². The molecule has 3 rings (SSSR count). The van der Waals surface area contributed by atoms with Gasteiger partial charge >= 0.3 is 0 Å². The van der Waals surface area contributed by atoms with Gasteiger partial charge in [0.15, 0.2) is 5.78 Å². The lowest BCUT2D eigenvalue weighted by molar-refractivity contribution is -0.128. The van der Waals surface area contributed by atoms with Crippen LogP contribution >= 0.6 is 0 Å². The lowest BCUT2D eigenvalue weighted by Crippen LogP contribution is -2.56. The maximum Gasteiger partial charge on any atom is 0.153 e. The number of ketones is 1. The number of carbonyl (C=O) groups excluding carboxylic acids is 1. The zero-order valence-corrected chi connectivity index (χ0v) is 13.8. The van der Waals surface area contributed by atoms with E-state index in [1.54, 1.807) is 0 Å². The Balaban J connectivity index is 1.85. The molecule has 1 aliphatic carbocycles. The first kappa shape index (κ1) is 15.9. The molecular weight excluding hydrogens is 282 g/mol. The first-order valence-corrected chi connectivity index (χ1v) is 8.59. The molecule has 1 fully saturated rings. The lowest BCUT2D eigenvalue weighted by Gasteiger charge is -2.39.